The standard InChI is InChI=1S/C14H18ClF2NO2S/c15-12-4-2-1-3-5-13(12)18-10-6-8-11(9-7-10)21(19,20)14(16)17/h6-9,12-14,18H,1-5H2. The molecule has 1 aliphatic carbocycles. The van der Waals surface area contributed by atoms with Crippen molar-refractivity contribution in [3.05, 3.63) is 24.3 Å². The summed E-state index contributed by atoms with van der Waals surface area (Å²) in [5.74, 6) is -3.40. The molecule has 0 aliphatic heterocycles. The summed E-state index contributed by atoms with van der Waals surface area (Å²) >= 11 is 6.32. The lowest BCUT2D eigenvalue weighted by molar-refractivity contribution is 0.234. The SMILES string of the molecule is O=S(=O)(c1ccc(NC2CCCCCC2Cl)cc1)C(F)F. The van der Waals surface area contributed by atoms with Crippen LogP contribution in [0.1, 0.15) is 32.1 Å². The first-order valence-corrected chi connectivity index (χ1v) is 8.92. The van der Waals surface area contributed by atoms with E-state index in [9.17, 15) is 17.2 Å². The molecule has 2 rings (SSSR count). The van der Waals surface area contributed by atoms with Crippen LogP contribution in [0.3, 0.4) is 0 Å². The van der Waals surface area contributed by atoms with E-state index in [4.69, 9.17) is 11.6 Å². The first-order valence-electron chi connectivity index (χ1n) is 6.94. The van der Waals surface area contributed by atoms with Gasteiger partial charge in [0.1, 0.15) is 0 Å². The van der Waals surface area contributed by atoms with E-state index < -0.39 is 15.6 Å². The molecule has 1 N–H and O–H groups in total. The van der Waals surface area contributed by atoms with E-state index in [0.29, 0.717) is 5.69 Å². The number of halogens is 3. The molecule has 0 bridgehead atoms. The Morgan fingerprint density at radius 2 is 1.71 bits per heavy atom. The zero-order valence-corrected chi connectivity index (χ0v) is 13.0. The van der Waals surface area contributed by atoms with Gasteiger partial charge in [0.2, 0.25) is 9.84 Å². The van der Waals surface area contributed by atoms with Crippen molar-refractivity contribution in [2.45, 2.75) is 54.2 Å². The molecule has 0 spiro atoms. The molecule has 0 aromatic heterocycles. The molecule has 2 atom stereocenters. The van der Waals surface area contributed by atoms with Gasteiger partial charge in [-0.05, 0) is 37.1 Å². The first-order chi connectivity index (χ1) is 9.91. The van der Waals surface area contributed by atoms with E-state index in [-0.39, 0.29) is 16.3 Å². The van der Waals surface area contributed by atoms with Crippen LogP contribution in [0.5, 0.6) is 0 Å². The van der Waals surface area contributed by atoms with Gasteiger partial charge in [0.05, 0.1) is 10.3 Å². The fourth-order valence-corrected chi connectivity index (χ4v) is 3.55. The van der Waals surface area contributed by atoms with Crippen molar-refractivity contribution < 1.29 is 17.2 Å². The minimum absolute atomic E-state index is 0.0250. The van der Waals surface area contributed by atoms with Crippen LogP contribution in [0, 0.1) is 0 Å². The monoisotopic (exact) mass is 337 g/mol. The van der Waals surface area contributed by atoms with Gasteiger partial charge in [-0.15, -0.1) is 11.6 Å². The minimum atomic E-state index is -4.53. The highest BCUT2D eigenvalue weighted by Crippen LogP contribution is 2.26. The molecule has 0 amide bonds. The van der Waals surface area contributed by atoms with Gasteiger partial charge in [-0.3, -0.25) is 0 Å². The van der Waals surface area contributed by atoms with Crippen LogP contribution in [0.15, 0.2) is 29.2 Å². The van der Waals surface area contributed by atoms with Crippen molar-refractivity contribution in [1.82, 2.24) is 0 Å². The van der Waals surface area contributed by atoms with Gasteiger partial charge in [0.25, 0.3) is 0 Å². The van der Waals surface area contributed by atoms with Crippen molar-refractivity contribution in [3.63, 3.8) is 0 Å². The Morgan fingerprint density at radius 3 is 2.33 bits per heavy atom. The second kappa shape index (κ2) is 6.92. The van der Waals surface area contributed by atoms with E-state index >= 15 is 0 Å². The number of hydrogen-bond donors (Lipinski definition) is 1. The fraction of sp³-hybridized carbons (Fsp3) is 0.571. The Bertz CT molecular complexity index is 563. The minimum Gasteiger partial charge on any atom is -0.381 e. The summed E-state index contributed by atoms with van der Waals surface area (Å²) < 4.78 is 47.6. The third-order valence-electron chi connectivity index (χ3n) is 3.70. The lowest BCUT2D eigenvalue weighted by Gasteiger charge is -2.22. The molecule has 2 unspecified atom stereocenters. The Labute approximate surface area is 128 Å². The number of alkyl halides is 3. The predicted octanol–water partition coefficient (Wildman–Crippen LogP) is 4.03. The highest BCUT2D eigenvalue weighted by Gasteiger charge is 2.26. The van der Waals surface area contributed by atoms with Gasteiger partial charge in [0, 0.05) is 11.7 Å². The summed E-state index contributed by atoms with van der Waals surface area (Å²) in [6.07, 6.45) is 5.26. The van der Waals surface area contributed by atoms with Crippen molar-refractivity contribution in [1.29, 1.82) is 0 Å². The lowest BCUT2D eigenvalue weighted by atomic mass is 10.1. The van der Waals surface area contributed by atoms with Gasteiger partial charge in [0.15, 0.2) is 0 Å². The maximum Gasteiger partial charge on any atom is 0.341 e. The molecule has 118 valence electrons. The molecule has 0 heterocycles. The maximum atomic E-state index is 12.4. The molecule has 1 fully saturated rings. The molecular weight excluding hydrogens is 320 g/mol. The van der Waals surface area contributed by atoms with Crippen LogP contribution in [0.4, 0.5) is 14.5 Å². The predicted molar refractivity (Wildman–Crippen MR) is 79.8 cm³/mol. The highest BCUT2D eigenvalue weighted by molar-refractivity contribution is 7.91. The third kappa shape index (κ3) is 4.07. The normalized spacial score (nSPS) is 23.8. The first kappa shape index (κ1) is 16.5. The van der Waals surface area contributed by atoms with Gasteiger partial charge in [-0.1, -0.05) is 19.3 Å². The number of nitrogens with one attached hydrogen (secondary N) is 1. The summed E-state index contributed by atoms with van der Waals surface area (Å²) in [6.45, 7) is 0. The molecule has 21 heavy (non-hydrogen) atoms. The van der Waals surface area contributed by atoms with E-state index in [1.165, 1.54) is 24.3 Å². The molecule has 0 saturated heterocycles. The van der Waals surface area contributed by atoms with Crippen LogP contribution < -0.4 is 5.32 Å². The molecule has 0 radical (unpaired) electrons. The fourth-order valence-electron chi connectivity index (χ4n) is 2.48. The van der Waals surface area contributed by atoms with E-state index in [1.807, 2.05) is 0 Å². The van der Waals surface area contributed by atoms with Crippen LogP contribution in [-0.2, 0) is 9.84 Å². The number of rotatable bonds is 4. The second-order valence-electron chi connectivity index (χ2n) is 5.23. The van der Waals surface area contributed by atoms with Gasteiger partial charge >= 0.3 is 5.76 Å². The smallest absolute Gasteiger partial charge is 0.341 e. The van der Waals surface area contributed by atoms with Crippen molar-refractivity contribution >= 4 is 27.1 Å². The van der Waals surface area contributed by atoms with Gasteiger partial charge < -0.3 is 5.32 Å². The van der Waals surface area contributed by atoms with Crippen molar-refractivity contribution in [2.75, 3.05) is 5.32 Å². The van der Waals surface area contributed by atoms with Gasteiger partial charge in [-0.2, -0.15) is 8.78 Å². The van der Waals surface area contributed by atoms with E-state index in [0.717, 1.165) is 32.1 Å². The lowest BCUT2D eigenvalue weighted by Crippen LogP contribution is -2.28. The third-order valence-corrected chi connectivity index (χ3v) is 5.62. The Morgan fingerprint density at radius 1 is 1.10 bits per heavy atom. The molecule has 1 aromatic carbocycles. The average Bonchev–Trinajstić information content (AvgIpc) is 2.65. The van der Waals surface area contributed by atoms with E-state index in [2.05, 4.69) is 5.32 Å². The largest absolute Gasteiger partial charge is 0.381 e. The average molecular weight is 338 g/mol. The van der Waals surface area contributed by atoms with E-state index in [1.54, 1.807) is 0 Å². The number of hydrogen-bond acceptors (Lipinski definition) is 3. The quantitative estimate of drug-likeness (QED) is 0.666. The zero-order chi connectivity index (χ0) is 15.5. The summed E-state index contributed by atoms with van der Waals surface area (Å²) in [4.78, 5) is -0.369. The molecule has 3 nitrogen and oxygen atoms in total. The summed E-state index contributed by atoms with van der Waals surface area (Å²) in [5.41, 5.74) is 0.695. The maximum absolute atomic E-state index is 12.4. The number of benzene rings is 1. The zero-order valence-electron chi connectivity index (χ0n) is 11.4. The van der Waals surface area contributed by atoms with Crippen LogP contribution in [0.2, 0.25) is 0 Å². The Hall–Kier alpha value is -0.880. The number of anilines is 1. The van der Waals surface area contributed by atoms with Crippen molar-refractivity contribution in [3.8, 4) is 0 Å². The molecule has 7 heteroatoms. The topological polar surface area (TPSA) is 46.2 Å². The van der Waals surface area contributed by atoms with Crippen molar-refractivity contribution in [2.24, 2.45) is 0 Å². The summed E-state index contributed by atoms with van der Waals surface area (Å²) in [7, 11) is -4.53. The Kier molecular flexibility index (Phi) is 5.43. The number of sulfone groups is 1. The summed E-state index contributed by atoms with van der Waals surface area (Å²) in [5, 5.41) is 3.29. The molecular formula is C14H18ClF2NO2S. The van der Waals surface area contributed by atoms with Crippen LogP contribution in [0.25, 0.3) is 0 Å². The highest BCUT2D eigenvalue weighted by atomic mass is 35.5. The Balaban J connectivity index is 2.09. The molecule has 1 aromatic rings. The molecule has 1 aliphatic rings. The van der Waals surface area contributed by atoms with Gasteiger partial charge in [-0.25, -0.2) is 8.42 Å². The van der Waals surface area contributed by atoms with Crippen LogP contribution in [-0.4, -0.2) is 25.6 Å². The van der Waals surface area contributed by atoms with Crippen LogP contribution >= 0.6 is 11.6 Å². The molecule has 1 saturated carbocycles. The second-order valence-corrected chi connectivity index (χ2v) is 7.71. The summed E-state index contributed by atoms with van der Waals surface area (Å²) in [6, 6.07) is 5.52.